The quantitative estimate of drug-likeness (QED) is 0.0881. The fourth-order valence-corrected chi connectivity index (χ4v) is 6.52. The summed E-state index contributed by atoms with van der Waals surface area (Å²) >= 11 is 0. The third kappa shape index (κ3) is 13.8. The molecule has 0 fully saturated rings. The molecule has 2 heterocycles. The number of rotatable bonds is 9. The predicted molar refractivity (Wildman–Crippen MR) is 216 cm³/mol. The van der Waals surface area contributed by atoms with Crippen LogP contribution in [0.25, 0.3) is 0 Å². The second-order valence-corrected chi connectivity index (χ2v) is 15.3. The summed E-state index contributed by atoms with van der Waals surface area (Å²) < 4.78 is 0. The molecule has 1 aromatic heterocycles. The molecule has 1 aliphatic rings. The van der Waals surface area contributed by atoms with E-state index in [0.717, 1.165) is 11.1 Å². The molecule has 0 radical (unpaired) electrons. The average molecular weight is 798 g/mol. The van der Waals surface area contributed by atoms with Crippen molar-refractivity contribution in [3.05, 3.63) is 101 Å². The van der Waals surface area contributed by atoms with Gasteiger partial charge in [-0.15, -0.1) is 0 Å². The summed E-state index contributed by atoms with van der Waals surface area (Å²) in [5, 5.41) is 16.6. The average Bonchev–Trinajstić information content (AvgIpc) is 3.20. The van der Waals surface area contributed by atoms with Crippen molar-refractivity contribution < 1.29 is 33.6 Å². The van der Waals surface area contributed by atoms with Crippen molar-refractivity contribution >= 4 is 41.4 Å². The molecule has 5 atom stereocenters. The second-order valence-electron chi connectivity index (χ2n) is 15.3. The van der Waals surface area contributed by atoms with Crippen molar-refractivity contribution in [3.63, 3.8) is 0 Å². The van der Waals surface area contributed by atoms with Gasteiger partial charge in [-0.05, 0) is 54.7 Å². The minimum Gasteiger partial charge on any atom is -0.354 e. The van der Waals surface area contributed by atoms with E-state index in [9.17, 15) is 33.6 Å². The minimum atomic E-state index is -1.18. The van der Waals surface area contributed by atoms with Gasteiger partial charge in [-0.3, -0.25) is 44.0 Å². The number of carbonyl (C=O) groups excluding carboxylic acids is 7. The van der Waals surface area contributed by atoms with E-state index in [2.05, 4.69) is 42.3 Å². The van der Waals surface area contributed by atoms with Crippen LogP contribution in [0.2, 0.25) is 0 Å². The van der Waals surface area contributed by atoms with E-state index in [1.54, 1.807) is 24.3 Å². The van der Waals surface area contributed by atoms with Gasteiger partial charge in [0.2, 0.25) is 23.6 Å². The summed E-state index contributed by atoms with van der Waals surface area (Å²) in [4.78, 5) is 99.7. The van der Waals surface area contributed by atoms with Gasteiger partial charge in [0.1, 0.15) is 30.2 Å². The molecule has 0 saturated carbocycles. The fourth-order valence-electron chi connectivity index (χ4n) is 6.52. The first-order valence-electron chi connectivity index (χ1n) is 19.6. The molecule has 16 heteroatoms. The van der Waals surface area contributed by atoms with E-state index >= 15 is 0 Å². The maximum absolute atomic E-state index is 13.9. The first-order chi connectivity index (χ1) is 27.7. The van der Waals surface area contributed by atoms with E-state index < -0.39 is 71.6 Å². The summed E-state index contributed by atoms with van der Waals surface area (Å²) in [5.74, 6) is 0.925. The number of pyridine rings is 1. The summed E-state index contributed by atoms with van der Waals surface area (Å²) in [6, 6.07) is 13.9. The van der Waals surface area contributed by atoms with Crippen LogP contribution in [-0.2, 0) is 36.8 Å². The van der Waals surface area contributed by atoms with Crippen molar-refractivity contribution in [3.8, 4) is 0 Å². The van der Waals surface area contributed by atoms with Crippen LogP contribution in [0.3, 0.4) is 0 Å². The maximum Gasteiger partial charge on any atom is 0.256 e. The third-order valence-corrected chi connectivity index (χ3v) is 9.50. The Morgan fingerprint density at radius 2 is 1.10 bits per heavy atom. The largest absolute Gasteiger partial charge is 0.354 e. The van der Waals surface area contributed by atoms with Gasteiger partial charge in [0.05, 0.1) is 11.1 Å². The molecule has 3 aromatic rings. The van der Waals surface area contributed by atoms with E-state index in [1.807, 2.05) is 64.1 Å². The van der Waals surface area contributed by atoms with Crippen LogP contribution < -0.4 is 43.2 Å². The lowest BCUT2D eigenvalue weighted by Crippen LogP contribution is -2.58. The topological polar surface area (TPSA) is 243 Å². The number of nitrogens with one attached hydrogen (secondary N) is 7. The number of nitrogens with two attached hydrogens (primary N) is 1. The van der Waals surface area contributed by atoms with Gasteiger partial charge < -0.3 is 31.9 Å². The Morgan fingerprint density at radius 1 is 0.655 bits per heavy atom. The number of hydrogen-bond acceptors (Lipinski definition) is 9. The van der Waals surface area contributed by atoms with Gasteiger partial charge in [-0.1, -0.05) is 88.4 Å². The van der Waals surface area contributed by atoms with Crippen molar-refractivity contribution in [2.24, 2.45) is 17.7 Å². The van der Waals surface area contributed by atoms with Gasteiger partial charge in [0.25, 0.3) is 17.7 Å². The number of hydrazine groups is 1. The Labute approximate surface area is 338 Å². The minimum absolute atomic E-state index is 0.00768. The molecule has 4 rings (SSSR count). The van der Waals surface area contributed by atoms with Crippen molar-refractivity contribution in [2.45, 2.75) is 96.4 Å². The highest BCUT2D eigenvalue weighted by atomic mass is 16.2. The zero-order valence-corrected chi connectivity index (χ0v) is 33.4. The van der Waals surface area contributed by atoms with Gasteiger partial charge >= 0.3 is 0 Å². The van der Waals surface area contributed by atoms with Crippen LogP contribution in [0.5, 0.6) is 0 Å². The Hall–Kier alpha value is -6.16. The monoisotopic (exact) mass is 797 g/mol. The zero-order chi connectivity index (χ0) is 42.2. The van der Waals surface area contributed by atoms with Crippen LogP contribution >= 0.6 is 0 Å². The van der Waals surface area contributed by atoms with E-state index in [1.165, 1.54) is 18.5 Å². The van der Waals surface area contributed by atoms with E-state index in [4.69, 9.17) is 5.84 Å². The number of aromatic nitrogens is 1. The third-order valence-electron chi connectivity index (χ3n) is 9.50. The van der Waals surface area contributed by atoms with Gasteiger partial charge in [-0.2, -0.15) is 0 Å². The van der Waals surface area contributed by atoms with Crippen LogP contribution in [0, 0.1) is 11.8 Å². The summed E-state index contributed by atoms with van der Waals surface area (Å²) in [6.07, 6.45) is 3.41. The molecule has 7 amide bonds. The fraction of sp³-hybridized carbons (Fsp3) is 0.429. The molecule has 2 bridgehead atoms. The number of amides is 7. The van der Waals surface area contributed by atoms with Gasteiger partial charge in [0, 0.05) is 31.8 Å². The normalized spacial score (nSPS) is 21.8. The van der Waals surface area contributed by atoms with Crippen LogP contribution in [0.4, 0.5) is 0 Å². The number of benzene rings is 2. The molecule has 9 N–H and O–H groups in total. The summed E-state index contributed by atoms with van der Waals surface area (Å²) in [6.45, 7) is 7.59. The molecule has 310 valence electrons. The van der Waals surface area contributed by atoms with Crippen LogP contribution in [-0.4, -0.2) is 83.1 Å². The molecular formula is C42H55N9O7. The molecule has 0 unspecified atom stereocenters. The lowest BCUT2D eigenvalue weighted by Gasteiger charge is -2.26. The highest BCUT2D eigenvalue weighted by Gasteiger charge is 2.32. The molecule has 2 aromatic carbocycles. The number of nitrogens with zero attached hydrogens (tertiary/aromatic N) is 1. The number of fused-ring (bicyclic) bond motifs is 2. The SMILES string of the molecule is CC(C)C[C@@H]1NC(=O)c2cncc(c2)C(=O)N[C@@H](CC(C)C)C(=O)N[C@@H](Cc2ccccc2)C(=O)N[C@H](C(=O)NN)CCCNC(=O)[C@H](Cc2ccccc2)NC1=O. The number of hydrogen-bond donors (Lipinski definition) is 8. The molecule has 16 nitrogen and oxygen atoms in total. The second kappa shape index (κ2) is 22.0. The first kappa shape index (κ1) is 44.6. The lowest BCUT2D eigenvalue weighted by atomic mass is 10.00. The number of carbonyl (C=O) groups is 7. The summed E-state index contributed by atoms with van der Waals surface area (Å²) in [5.41, 5.74) is 3.54. The smallest absolute Gasteiger partial charge is 0.256 e. The molecule has 58 heavy (non-hydrogen) atoms. The Bertz CT molecular complexity index is 1890. The molecule has 0 saturated heterocycles. The van der Waals surface area contributed by atoms with E-state index in [-0.39, 0.29) is 68.0 Å². The lowest BCUT2D eigenvalue weighted by molar-refractivity contribution is -0.132. The van der Waals surface area contributed by atoms with Crippen molar-refractivity contribution in [1.82, 2.24) is 42.3 Å². The van der Waals surface area contributed by atoms with Crippen LogP contribution in [0.15, 0.2) is 79.1 Å². The molecule has 1 aliphatic heterocycles. The molecule has 0 spiro atoms. The Morgan fingerprint density at radius 3 is 1.55 bits per heavy atom. The van der Waals surface area contributed by atoms with Gasteiger partial charge in [-0.25, -0.2) is 5.84 Å². The predicted octanol–water partition coefficient (Wildman–Crippen LogP) is 1.21. The highest BCUT2D eigenvalue weighted by molar-refractivity contribution is 6.02. The Kier molecular flexibility index (Phi) is 16.9. The highest BCUT2D eigenvalue weighted by Crippen LogP contribution is 2.13. The van der Waals surface area contributed by atoms with Crippen molar-refractivity contribution in [2.75, 3.05) is 6.54 Å². The van der Waals surface area contributed by atoms with Crippen molar-refractivity contribution in [1.29, 1.82) is 0 Å². The molecule has 0 aliphatic carbocycles. The summed E-state index contributed by atoms with van der Waals surface area (Å²) in [7, 11) is 0. The van der Waals surface area contributed by atoms with Crippen LogP contribution in [0.1, 0.15) is 85.2 Å². The van der Waals surface area contributed by atoms with Gasteiger partial charge in [0.15, 0.2) is 0 Å². The van der Waals surface area contributed by atoms with E-state index in [0.29, 0.717) is 0 Å². The Balaban J connectivity index is 1.72. The first-order valence-corrected chi connectivity index (χ1v) is 19.6. The maximum atomic E-state index is 13.9. The molecular weight excluding hydrogens is 743 g/mol. The standard InChI is InChI=1S/C42H55N9O7/c1-25(2)18-32-39(55)49-34(20-27-12-7-5-8-13-27)38(54)45-17-11-16-31(42(58)51-43)46-41(57)35(21-28-14-9-6-10-15-28)50-40(56)33(19-26(3)4)48-37(53)30-22-29(23-44-24-30)36(52)47-32/h5-10,12-15,22-26,31-35H,11,16-21,43H2,1-4H3,(H,45,54)(H,46,57)(H,47,52)(H,48,53)(H,49,55)(H,50,56)(H,51,58)/t31-,32-,33-,34-,35-/m0/s1. The zero-order valence-electron chi connectivity index (χ0n) is 33.4.